The lowest BCUT2D eigenvalue weighted by Crippen LogP contribution is -2.42. The van der Waals surface area contributed by atoms with Crippen LogP contribution in [0.1, 0.15) is 6.92 Å². The van der Waals surface area contributed by atoms with E-state index in [0.29, 0.717) is 16.6 Å². The van der Waals surface area contributed by atoms with Crippen LogP contribution in [0.2, 0.25) is 0 Å². The van der Waals surface area contributed by atoms with Crippen LogP contribution in [0.25, 0.3) is 10.9 Å². The molecule has 8 nitrogen and oxygen atoms in total. The number of azo groups is 1. The third-order valence-electron chi connectivity index (χ3n) is 3.99. The molecule has 1 amide bonds. The van der Waals surface area contributed by atoms with Gasteiger partial charge in [-0.2, -0.15) is 0 Å². The molecule has 9 heteroatoms. The second-order valence-corrected chi connectivity index (χ2v) is 7.84. The van der Waals surface area contributed by atoms with Gasteiger partial charge in [0.05, 0.1) is 17.5 Å². The van der Waals surface area contributed by atoms with E-state index in [1.807, 2.05) is 0 Å². The topological polar surface area (TPSA) is 115 Å². The van der Waals surface area contributed by atoms with Crippen molar-refractivity contribution < 1.29 is 18.3 Å². The van der Waals surface area contributed by atoms with Crippen molar-refractivity contribution in [3.8, 4) is 5.88 Å². The van der Waals surface area contributed by atoms with Gasteiger partial charge in [0.15, 0.2) is 5.69 Å². The van der Waals surface area contributed by atoms with Crippen molar-refractivity contribution in [3.05, 3.63) is 54.6 Å². The van der Waals surface area contributed by atoms with Crippen molar-refractivity contribution in [2.24, 2.45) is 10.2 Å². The minimum Gasteiger partial charge on any atom is -0.493 e. The largest absolute Gasteiger partial charge is 0.493 e. The van der Waals surface area contributed by atoms with E-state index in [1.54, 1.807) is 54.6 Å². The SMILES string of the molecule is C[C@H](C(=O)N=Nc1c(O)[nH]c2ccccc12)N(c1ccccc1)S(C)(=O)=O. The number of hydrogen-bond donors (Lipinski definition) is 2. The normalized spacial score (nSPS) is 13.1. The Morgan fingerprint density at radius 3 is 2.41 bits per heavy atom. The number of aromatic amines is 1. The van der Waals surface area contributed by atoms with E-state index in [2.05, 4.69) is 15.2 Å². The van der Waals surface area contributed by atoms with Gasteiger partial charge in [-0.25, -0.2) is 8.42 Å². The molecule has 2 aromatic carbocycles. The molecule has 1 aromatic heterocycles. The average molecular weight is 386 g/mol. The van der Waals surface area contributed by atoms with Crippen molar-refractivity contribution in [3.63, 3.8) is 0 Å². The van der Waals surface area contributed by atoms with E-state index in [0.717, 1.165) is 10.6 Å². The summed E-state index contributed by atoms with van der Waals surface area (Å²) in [5, 5.41) is 18.1. The number of rotatable bonds is 5. The molecular formula is C18H18N4O4S. The highest BCUT2D eigenvalue weighted by molar-refractivity contribution is 7.92. The number of anilines is 1. The zero-order chi connectivity index (χ0) is 19.6. The molecule has 0 bridgehead atoms. The lowest BCUT2D eigenvalue weighted by Gasteiger charge is -2.26. The van der Waals surface area contributed by atoms with Crippen LogP contribution in [0.3, 0.4) is 0 Å². The van der Waals surface area contributed by atoms with Crippen LogP contribution in [0, 0.1) is 0 Å². The number of benzene rings is 2. The Balaban J connectivity index is 1.92. The first-order valence-electron chi connectivity index (χ1n) is 8.08. The maximum Gasteiger partial charge on any atom is 0.287 e. The van der Waals surface area contributed by atoms with E-state index in [1.165, 1.54) is 6.92 Å². The molecule has 0 aliphatic rings. The number of nitrogens with one attached hydrogen (secondary N) is 1. The quantitative estimate of drug-likeness (QED) is 0.654. The molecule has 0 saturated heterocycles. The van der Waals surface area contributed by atoms with Crippen LogP contribution in [0.5, 0.6) is 5.88 Å². The van der Waals surface area contributed by atoms with Crippen molar-refractivity contribution in [1.82, 2.24) is 4.98 Å². The molecule has 0 aliphatic heterocycles. The highest BCUT2D eigenvalue weighted by Gasteiger charge is 2.29. The Hall–Kier alpha value is -3.20. The molecule has 1 atom stereocenters. The van der Waals surface area contributed by atoms with Crippen molar-refractivity contribution in [2.75, 3.05) is 10.6 Å². The summed E-state index contributed by atoms with van der Waals surface area (Å²) in [4.78, 5) is 15.2. The third kappa shape index (κ3) is 3.82. The maximum atomic E-state index is 12.5. The van der Waals surface area contributed by atoms with Gasteiger partial charge in [-0.3, -0.25) is 9.10 Å². The monoisotopic (exact) mass is 386 g/mol. The van der Waals surface area contributed by atoms with Gasteiger partial charge < -0.3 is 10.1 Å². The fourth-order valence-electron chi connectivity index (χ4n) is 2.77. The molecule has 0 unspecified atom stereocenters. The van der Waals surface area contributed by atoms with Crippen LogP contribution in [-0.4, -0.2) is 36.7 Å². The first kappa shape index (κ1) is 18.6. The summed E-state index contributed by atoms with van der Waals surface area (Å²) in [6, 6.07) is 14.2. The Morgan fingerprint density at radius 2 is 1.74 bits per heavy atom. The molecule has 3 rings (SSSR count). The van der Waals surface area contributed by atoms with E-state index in [4.69, 9.17) is 0 Å². The minimum absolute atomic E-state index is 0.122. The summed E-state index contributed by atoms with van der Waals surface area (Å²) in [5.74, 6) is -0.975. The van der Waals surface area contributed by atoms with Gasteiger partial charge >= 0.3 is 0 Å². The van der Waals surface area contributed by atoms with E-state index < -0.39 is 22.0 Å². The molecule has 140 valence electrons. The summed E-state index contributed by atoms with van der Waals surface area (Å²) < 4.78 is 25.4. The number of H-pyrrole nitrogens is 1. The smallest absolute Gasteiger partial charge is 0.287 e. The average Bonchev–Trinajstić information content (AvgIpc) is 2.94. The number of amides is 1. The van der Waals surface area contributed by atoms with Gasteiger partial charge in [-0.1, -0.05) is 36.4 Å². The fourth-order valence-corrected chi connectivity index (χ4v) is 3.94. The Kier molecular flexibility index (Phi) is 4.95. The van der Waals surface area contributed by atoms with Gasteiger partial charge in [-0.05, 0) is 25.1 Å². The van der Waals surface area contributed by atoms with Gasteiger partial charge in [0.25, 0.3) is 5.91 Å². The Labute approximate surface area is 156 Å². The first-order chi connectivity index (χ1) is 12.8. The standard InChI is InChI=1S/C18H18N4O4S/c1-12(22(27(2,25)26)13-8-4-3-5-9-13)17(23)21-20-16-14-10-6-7-11-15(14)19-18(16)24/h3-12,19,24H,1-2H3/t12-/m1/s1. The highest BCUT2D eigenvalue weighted by atomic mass is 32.2. The zero-order valence-electron chi connectivity index (χ0n) is 14.7. The molecule has 0 saturated carbocycles. The number of aromatic hydroxyl groups is 1. The summed E-state index contributed by atoms with van der Waals surface area (Å²) in [7, 11) is -3.72. The molecule has 0 fully saturated rings. The van der Waals surface area contributed by atoms with Crippen molar-refractivity contribution in [2.45, 2.75) is 13.0 Å². The summed E-state index contributed by atoms with van der Waals surface area (Å²) in [5.41, 5.74) is 1.12. The molecular weight excluding hydrogens is 368 g/mol. The maximum absolute atomic E-state index is 12.5. The lowest BCUT2D eigenvalue weighted by atomic mass is 10.2. The molecule has 2 N–H and O–H groups in total. The summed E-state index contributed by atoms with van der Waals surface area (Å²) in [6.45, 7) is 1.44. The Morgan fingerprint density at radius 1 is 1.11 bits per heavy atom. The first-order valence-corrected chi connectivity index (χ1v) is 9.93. The summed E-state index contributed by atoms with van der Waals surface area (Å²) >= 11 is 0. The van der Waals surface area contributed by atoms with E-state index in [9.17, 15) is 18.3 Å². The third-order valence-corrected chi connectivity index (χ3v) is 5.23. The van der Waals surface area contributed by atoms with Crippen molar-refractivity contribution in [1.29, 1.82) is 0 Å². The number of carbonyl (C=O) groups excluding carboxylic acids is 1. The number of para-hydroxylation sites is 2. The summed E-state index contributed by atoms with van der Waals surface area (Å²) in [6.07, 6.45) is 1.02. The zero-order valence-corrected chi connectivity index (χ0v) is 15.5. The van der Waals surface area contributed by atoms with E-state index >= 15 is 0 Å². The molecule has 0 radical (unpaired) electrons. The second-order valence-electron chi connectivity index (χ2n) is 5.98. The van der Waals surface area contributed by atoms with E-state index in [-0.39, 0.29) is 11.6 Å². The van der Waals surface area contributed by atoms with Gasteiger partial charge in [-0.15, -0.1) is 10.2 Å². The van der Waals surface area contributed by atoms with Gasteiger partial charge in [0.2, 0.25) is 15.9 Å². The number of sulfonamides is 1. The second kappa shape index (κ2) is 7.20. The number of nitrogens with zero attached hydrogens (tertiary/aromatic N) is 3. The van der Waals surface area contributed by atoms with Crippen LogP contribution < -0.4 is 4.31 Å². The molecule has 3 aromatic rings. The molecule has 0 spiro atoms. The van der Waals surface area contributed by atoms with Crippen LogP contribution >= 0.6 is 0 Å². The minimum atomic E-state index is -3.72. The fraction of sp³-hybridized carbons (Fsp3) is 0.167. The lowest BCUT2D eigenvalue weighted by molar-refractivity contribution is -0.119. The Bertz CT molecular complexity index is 1110. The molecule has 27 heavy (non-hydrogen) atoms. The van der Waals surface area contributed by atoms with Gasteiger partial charge in [0.1, 0.15) is 6.04 Å². The predicted octanol–water partition coefficient (Wildman–Crippen LogP) is 3.34. The van der Waals surface area contributed by atoms with Crippen molar-refractivity contribution >= 4 is 38.2 Å². The highest BCUT2D eigenvalue weighted by Crippen LogP contribution is 2.35. The molecule has 0 aliphatic carbocycles. The number of hydrogen-bond acceptors (Lipinski definition) is 5. The van der Waals surface area contributed by atoms with Crippen LogP contribution in [-0.2, 0) is 14.8 Å². The van der Waals surface area contributed by atoms with Crippen LogP contribution in [0.15, 0.2) is 64.8 Å². The van der Waals surface area contributed by atoms with Crippen LogP contribution in [0.4, 0.5) is 11.4 Å². The number of fused-ring (bicyclic) bond motifs is 1. The number of aromatic nitrogens is 1. The predicted molar refractivity (Wildman–Crippen MR) is 103 cm³/mol. The molecule has 1 heterocycles. The van der Waals surface area contributed by atoms with Gasteiger partial charge in [0, 0.05) is 5.39 Å². The number of carbonyl (C=O) groups is 1.